The first kappa shape index (κ1) is 11.9. The molecule has 0 rings (SSSR count). The van der Waals surface area contributed by atoms with E-state index in [1.165, 1.54) is 6.42 Å². The molecule has 0 aliphatic heterocycles. The van der Waals surface area contributed by atoms with Crippen molar-refractivity contribution in [3.63, 3.8) is 0 Å². The second-order valence-corrected chi connectivity index (χ2v) is 2.48. The van der Waals surface area contributed by atoms with Crippen LogP contribution in [0.4, 0.5) is 0 Å². The van der Waals surface area contributed by atoms with Gasteiger partial charge in [-0.2, -0.15) is 0 Å². The molecule has 0 unspecified atom stereocenters. The van der Waals surface area contributed by atoms with Gasteiger partial charge in [0.1, 0.15) is 6.79 Å². The third-order valence-electron chi connectivity index (χ3n) is 1.39. The van der Waals surface area contributed by atoms with Crippen molar-refractivity contribution in [3.05, 3.63) is 0 Å². The summed E-state index contributed by atoms with van der Waals surface area (Å²) >= 11 is 0. The highest BCUT2D eigenvalue weighted by atomic mass is 16.7. The summed E-state index contributed by atoms with van der Waals surface area (Å²) in [4.78, 5) is 0. The molecule has 0 radical (unpaired) electrons. The van der Waals surface area contributed by atoms with E-state index in [4.69, 9.17) is 14.2 Å². The lowest BCUT2D eigenvalue weighted by Crippen LogP contribution is -2.07. The summed E-state index contributed by atoms with van der Waals surface area (Å²) in [6.45, 7) is 7.34. The molecule has 3 nitrogen and oxygen atoms in total. The zero-order chi connectivity index (χ0) is 9.07. The predicted molar refractivity (Wildman–Crippen MR) is 48.2 cm³/mol. The first-order valence-corrected chi connectivity index (χ1v) is 4.65. The van der Waals surface area contributed by atoms with E-state index in [1.807, 2.05) is 6.92 Å². The van der Waals surface area contributed by atoms with E-state index in [1.54, 1.807) is 0 Å². The third-order valence-corrected chi connectivity index (χ3v) is 1.39. The van der Waals surface area contributed by atoms with Gasteiger partial charge < -0.3 is 14.2 Å². The number of hydrogen-bond donors (Lipinski definition) is 0. The number of rotatable bonds is 9. The molecule has 0 N–H and O–H groups in total. The number of ether oxygens (including phenoxy) is 3. The zero-order valence-electron chi connectivity index (χ0n) is 8.17. The molecule has 3 heteroatoms. The average molecular weight is 176 g/mol. The average Bonchev–Trinajstić information content (AvgIpc) is 2.10. The van der Waals surface area contributed by atoms with E-state index in [0.717, 1.165) is 19.6 Å². The Bertz CT molecular complexity index is 66.2. The lowest BCUT2D eigenvalue weighted by molar-refractivity contribution is -0.0690. The van der Waals surface area contributed by atoms with Gasteiger partial charge in [-0.15, -0.1) is 0 Å². The minimum atomic E-state index is 0.396. The molecule has 0 amide bonds. The Hall–Kier alpha value is -0.120. The molecule has 0 aromatic carbocycles. The van der Waals surface area contributed by atoms with Crippen molar-refractivity contribution >= 4 is 0 Å². The van der Waals surface area contributed by atoms with Gasteiger partial charge in [-0.3, -0.25) is 0 Å². The third kappa shape index (κ3) is 9.88. The van der Waals surface area contributed by atoms with Crippen molar-refractivity contribution in [2.75, 3.05) is 33.2 Å². The van der Waals surface area contributed by atoms with Crippen LogP contribution >= 0.6 is 0 Å². The van der Waals surface area contributed by atoms with Crippen LogP contribution in [0, 0.1) is 0 Å². The zero-order valence-corrected chi connectivity index (χ0v) is 8.17. The molecule has 74 valence electrons. The smallest absolute Gasteiger partial charge is 0.146 e. The van der Waals surface area contributed by atoms with Crippen molar-refractivity contribution in [1.82, 2.24) is 0 Å². The Labute approximate surface area is 75.0 Å². The highest BCUT2D eigenvalue weighted by molar-refractivity contribution is 4.29. The van der Waals surface area contributed by atoms with Crippen molar-refractivity contribution in [1.29, 1.82) is 0 Å². The van der Waals surface area contributed by atoms with Crippen LogP contribution in [0.3, 0.4) is 0 Å². The van der Waals surface area contributed by atoms with Crippen LogP contribution in [0.1, 0.15) is 26.7 Å². The molecule has 12 heavy (non-hydrogen) atoms. The van der Waals surface area contributed by atoms with Crippen LogP contribution < -0.4 is 0 Å². The van der Waals surface area contributed by atoms with Gasteiger partial charge in [0, 0.05) is 13.2 Å². The Balaban J connectivity index is 2.73. The summed E-state index contributed by atoms with van der Waals surface area (Å²) in [6, 6.07) is 0. The summed E-state index contributed by atoms with van der Waals surface area (Å²) in [5.41, 5.74) is 0. The van der Waals surface area contributed by atoms with Gasteiger partial charge >= 0.3 is 0 Å². The first-order valence-electron chi connectivity index (χ1n) is 4.65. The molecule has 0 bridgehead atoms. The first-order chi connectivity index (χ1) is 5.91. The van der Waals surface area contributed by atoms with Gasteiger partial charge in [0.25, 0.3) is 0 Å². The number of unbranched alkanes of at least 4 members (excludes halogenated alkanes) is 1. The van der Waals surface area contributed by atoms with E-state index in [9.17, 15) is 0 Å². The van der Waals surface area contributed by atoms with Crippen LogP contribution in [0.5, 0.6) is 0 Å². The maximum absolute atomic E-state index is 5.18. The second kappa shape index (κ2) is 10.9. The fraction of sp³-hybridized carbons (Fsp3) is 1.00. The summed E-state index contributed by atoms with van der Waals surface area (Å²) < 4.78 is 15.4. The largest absolute Gasteiger partial charge is 0.379 e. The number of hydrogen-bond acceptors (Lipinski definition) is 3. The molecule has 0 fully saturated rings. The van der Waals surface area contributed by atoms with Crippen LogP contribution in [-0.4, -0.2) is 33.2 Å². The highest BCUT2D eigenvalue weighted by Crippen LogP contribution is 1.88. The molecular formula is C9H20O3. The summed E-state index contributed by atoms with van der Waals surface area (Å²) in [5.74, 6) is 0. The van der Waals surface area contributed by atoms with Gasteiger partial charge in [0.2, 0.25) is 0 Å². The van der Waals surface area contributed by atoms with Crippen molar-refractivity contribution in [3.8, 4) is 0 Å². The predicted octanol–water partition coefficient (Wildman–Crippen LogP) is 1.81. The molecule has 0 saturated carbocycles. The lowest BCUT2D eigenvalue weighted by Gasteiger charge is -2.04. The van der Waals surface area contributed by atoms with Gasteiger partial charge in [-0.25, -0.2) is 0 Å². The van der Waals surface area contributed by atoms with Gasteiger partial charge in [0.15, 0.2) is 0 Å². The molecule has 0 saturated heterocycles. The fourth-order valence-electron chi connectivity index (χ4n) is 0.685. The normalized spacial score (nSPS) is 10.5. The molecule has 0 aliphatic rings. The maximum Gasteiger partial charge on any atom is 0.146 e. The quantitative estimate of drug-likeness (QED) is 0.396. The van der Waals surface area contributed by atoms with Crippen molar-refractivity contribution in [2.45, 2.75) is 26.7 Å². The van der Waals surface area contributed by atoms with E-state index < -0.39 is 0 Å². The maximum atomic E-state index is 5.18. The monoisotopic (exact) mass is 176 g/mol. The van der Waals surface area contributed by atoms with Crippen LogP contribution in [0.15, 0.2) is 0 Å². The minimum absolute atomic E-state index is 0.396. The molecular weight excluding hydrogens is 156 g/mol. The standard InChI is InChI=1S/C9H20O3/c1-3-5-6-11-9-12-8-7-10-4-2/h3-9H2,1-2H3. The van der Waals surface area contributed by atoms with Crippen molar-refractivity contribution < 1.29 is 14.2 Å². The Morgan fingerprint density at radius 1 is 0.833 bits per heavy atom. The van der Waals surface area contributed by atoms with Crippen LogP contribution in [0.2, 0.25) is 0 Å². The van der Waals surface area contributed by atoms with Gasteiger partial charge in [-0.05, 0) is 13.3 Å². The molecule has 0 aliphatic carbocycles. The molecule has 0 heterocycles. The minimum Gasteiger partial charge on any atom is -0.379 e. The summed E-state index contributed by atoms with van der Waals surface area (Å²) in [7, 11) is 0. The van der Waals surface area contributed by atoms with E-state index in [2.05, 4.69) is 6.92 Å². The van der Waals surface area contributed by atoms with E-state index >= 15 is 0 Å². The summed E-state index contributed by atoms with van der Waals surface area (Å²) in [6.07, 6.45) is 2.27. The van der Waals surface area contributed by atoms with Crippen LogP contribution in [0.25, 0.3) is 0 Å². The SMILES string of the molecule is CCCCOCOCCOCC. The van der Waals surface area contributed by atoms with Gasteiger partial charge in [0.05, 0.1) is 13.2 Å². The highest BCUT2D eigenvalue weighted by Gasteiger charge is 1.88. The second-order valence-electron chi connectivity index (χ2n) is 2.48. The van der Waals surface area contributed by atoms with Gasteiger partial charge in [-0.1, -0.05) is 13.3 Å². The molecule has 0 atom stereocenters. The summed E-state index contributed by atoms with van der Waals surface area (Å²) in [5, 5.41) is 0. The lowest BCUT2D eigenvalue weighted by atomic mass is 10.4. The Kier molecular flexibility index (Phi) is 10.8. The Morgan fingerprint density at radius 2 is 1.50 bits per heavy atom. The van der Waals surface area contributed by atoms with Crippen molar-refractivity contribution in [2.24, 2.45) is 0 Å². The molecule has 0 spiro atoms. The van der Waals surface area contributed by atoms with E-state index in [0.29, 0.717) is 20.0 Å². The fourth-order valence-corrected chi connectivity index (χ4v) is 0.685. The van der Waals surface area contributed by atoms with Crippen LogP contribution in [-0.2, 0) is 14.2 Å². The molecule has 0 aromatic heterocycles. The van der Waals surface area contributed by atoms with E-state index in [-0.39, 0.29) is 0 Å². The topological polar surface area (TPSA) is 27.7 Å². The Morgan fingerprint density at radius 3 is 2.17 bits per heavy atom. The molecule has 0 aromatic rings.